The lowest BCUT2D eigenvalue weighted by Gasteiger charge is -2.38. The molecule has 26 heavy (non-hydrogen) atoms. The van der Waals surface area contributed by atoms with Gasteiger partial charge >= 0.3 is 0 Å². The van der Waals surface area contributed by atoms with Gasteiger partial charge in [-0.15, -0.1) is 0 Å². The molecule has 1 atom stereocenters. The van der Waals surface area contributed by atoms with Gasteiger partial charge in [0.1, 0.15) is 11.8 Å². The van der Waals surface area contributed by atoms with Crippen molar-refractivity contribution in [1.82, 2.24) is 9.80 Å². The van der Waals surface area contributed by atoms with Gasteiger partial charge in [0.25, 0.3) is 0 Å². The Balaban J connectivity index is 1.71. The van der Waals surface area contributed by atoms with E-state index >= 15 is 0 Å². The number of Topliss-reactive ketones (excluding diaryl/α,β-unsaturated/α-hetero) is 1. The summed E-state index contributed by atoms with van der Waals surface area (Å²) in [5.74, 6) is 0.279. The highest BCUT2D eigenvalue weighted by atomic mass is 16.2. The highest BCUT2D eigenvalue weighted by Gasteiger charge is 2.37. The molecule has 140 valence electrons. The van der Waals surface area contributed by atoms with Crippen molar-refractivity contribution in [3.63, 3.8) is 0 Å². The number of fused-ring (bicyclic) bond motifs is 1. The molecule has 1 aromatic carbocycles. The van der Waals surface area contributed by atoms with E-state index in [1.807, 2.05) is 23.1 Å². The first-order valence-electron chi connectivity index (χ1n) is 9.70. The predicted molar refractivity (Wildman–Crippen MR) is 99.4 cm³/mol. The maximum absolute atomic E-state index is 13.0. The normalized spacial score (nSPS) is 19.3. The molecule has 0 aromatic heterocycles. The van der Waals surface area contributed by atoms with Crippen LogP contribution in [-0.4, -0.2) is 46.5 Å². The molecule has 2 aliphatic rings. The summed E-state index contributed by atoms with van der Waals surface area (Å²) in [5.41, 5.74) is 2.31. The van der Waals surface area contributed by atoms with Gasteiger partial charge in [0.2, 0.25) is 11.8 Å². The van der Waals surface area contributed by atoms with Crippen LogP contribution in [0, 0.1) is 0 Å². The summed E-state index contributed by atoms with van der Waals surface area (Å²) < 4.78 is 0. The zero-order chi connectivity index (χ0) is 18.5. The van der Waals surface area contributed by atoms with E-state index in [-0.39, 0.29) is 23.6 Å². The first-order chi connectivity index (χ1) is 12.6. The Hall–Kier alpha value is -2.17. The maximum Gasteiger partial charge on any atom is 0.245 e. The summed E-state index contributed by atoms with van der Waals surface area (Å²) in [6, 6.07) is 7.70. The van der Waals surface area contributed by atoms with Crippen molar-refractivity contribution in [3.8, 4) is 0 Å². The second-order valence-electron chi connectivity index (χ2n) is 7.45. The molecule has 2 aliphatic heterocycles. The highest BCUT2D eigenvalue weighted by Crippen LogP contribution is 2.26. The Morgan fingerprint density at radius 3 is 2.35 bits per heavy atom. The van der Waals surface area contributed by atoms with E-state index in [0.717, 1.165) is 37.9 Å². The van der Waals surface area contributed by atoms with Gasteiger partial charge in [-0.1, -0.05) is 24.3 Å². The van der Waals surface area contributed by atoms with Gasteiger partial charge in [0.05, 0.1) is 0 Å². The SMILES string of the molecule is CC(=O)CCCCC(=O)N1Cc2ccccc2C[C@H]1C(=O)N1CCCC1. The second-order valence-corrected chi connectivity index (χ2v) is 7.45. The summed E-state index contributed by atoms with van der Waals surface area (Å²) in [6.07, 6.45) is 5.05. The third-order valence-electron chi connectivity index (χ3n) is 5.44. The van der Waals surface area contributed by atoms with Crippen LogP contribution in [0.1, 0.15) is 56.6 Å². The van der Waals surface area contributed by atoms with Crippen molar-refractivity contribution in [1.29, 1.82) is 0 Å². The number of hydrogen-bond acceptors (Lipinski definition) is 3. The van der Waals surface area contributed by atoms with Crippen molar-refractivity contribution >= 4 is 17.6 Å². The van der Waals surface area contributed by atoms with E-state index < -0.39 is 0 Å². The van der Waals surface area contributed by atoms with Gasteiger partial charge in [-0.3, -0.25) is 9.59 Å². The van der Waals surface area contributed by atoms with Crippen LogP contribution in [-0.2, 0) is 27.3 Å². The topological polar surface area (TPSA) is 57.7 Å². The molecular weight excluding hydrogens is 328 g/mol. The Morgan fingerprint density at radius 1 is 1.00 bits per heavy atom. The number of rotatable bonds is 6. The summed E-state index contributed by atoms with van der Waals surface area (Å²) in [5, 5.41) is 0. The number of benzene rings is 1. The fourth-order valence-corrected chi connectivity index (χ4v) is 3.95. The molecule has 1 fully saturated rings. The number of carbonyl (C=O) groups excluding carboxylic acids is 3. The van der Waals surface area contributed by atoms with Crippen LogP contribution in [0.25, 0.3) is 0 Å². The average molecular weight is 356 g/mol. The summed E-state index contributed by atoms with van der Waals surface area (Å²) in [4.78, 5) is 40.6. The largest absolute Gasteiger partial charge is 0.341 e. The fraction of sp³-hybridized carbons (Fsp3) is 0.571. The number of likely N-dealkylation sites (tertiary alicyclic amines) is 1. The Bertz CT molecular complexity index is 680. The van der Waals surface area contributed by atoms with Gasteiger partial charge < -0.3 is 14.6 Å². The van der Waals surface area contributed by atoms with E-state index in [9.17, 15) is 14.4 Å². The number of carbonyl (C=O) groups is 3. The van der Waals surface area contributed by atoms with Crippen molar-refractivity contribution < 1.29 is 14.4 Å². The maximum atomic E-state index is 13.0. The smallest absolute Gasteiger partial charge is 0.245 e. The average Bonchev–Trinajstić information content (AvgIpc) is 3.18. The third kappa shape index (κ3) is 4.32. The number of nitrogens with zero attached hydrogens (tertiary/aromatic N) is 2. The van der Waals surface area contributed by atoms with Gasteiger partial charge in [-0.2, -0.15) is 0 Å². The fourth-order valence-electron chi connectivity index (χ4n) is 3.95. The first kappa shape index (κ1) is 18.6. The quantitative estimate of drug-likeness (QED) is 0.737. The zero-order valence-corrected chi connectivity index (χ0v) is 15.6. The van der Waals surface area contributed by atoms with E-state index in [1.54, 1.807) is 11.8 Å². The van der Waals surface area contributed by atoms with Crippen LogP contribution < -0.4 is 0 Å². The van der Waals surface area contributed by atoms with Crippen LogP contribution in [0.3, 0.4) is 0 Å². The van der Waals surface area contributed by atoms with Gasteiger partial charge in [0.15, 0.2) is 0 Å². The van der Waals surface area contributed by atoms with Crippen molar-refractivity contribution in [2.45, 2.75) is 64.5 Å². The predicted octanol–water partition coefficient (Wildman–Crippen LogP) is 2.71. The third-order valence-corrected chi connectivity index (χ3v) is 5.44. The lowest BCUT2D eigenvalue weighted by molar-refractivity contribution is -0.146. The zero-order valence-electron chi connectivity index (χ0n) is 15.6. The monoisotopic (exact) mass is 356 g/mol. The number of ketones is 1. The minimum absolute atomic E-state index is 0.0283. The molecule has 2 amide bonds. The van der Waals surface area contributed by atoms with E-state index in [0.29, 0.717) is 32.2 Å². The van der Waals surface area contributed by atoms with Crippen molar-refractivity contribution in [2.24, 2.45) is 0 Å². The molecule has 0 radical (unpaired) electrons. The van der Waals surface area contributed by atoms with Gasteiger partial charge in [0, 0.05) is 38.9 Å². The van der Waals surface area contributed by atoms with Crippen LogP contribution in [0.5, 0.6) is 0 Å². The molecule has 1 aromatic rings. The molecule has 0 bridgehead atoms. The summed E-state index contributed by atoms with van der Waals surface area (Å²) in [7, 11) is 0. The van der Waals surface area contributed by atoms with Crippen molar-refractivity contribution in [3.05, 3.63) is 35.4 Å². The van der Waals surface area contributed by atoms with Crippen LogP contribution in [0.2, 0.25) is 0 Å². The lowest BCUT2D eigenvalue weighted by Crippen LogP contribution is -2.53. The molecular formula is C21H28N2O3. The summed E-state index contributed by atoms with van der Waals surface area (Å²) >= 11 is 0. The van der Waals surface area contributed by atoms with E-state index in [1.165, 1.54) is 5.56 Å². The van der Waals surface area contributed by atoms with Crippen molar-refractivity contribution in [2.75, 3.05) is 13.1 Å². The highest BCUT2D eigenvalue weighted by molar-refractivity contribution is 5.88. The minimum atomic E-state index is -0.386. The molecule has 0 N–H and O–H groups in total. The molecule has 5 heteroatoms. The second kappa shape index (κ2) is 8.47. The number of amides is 2. The summed E-state index contributed by atoms with van der Waals surface area (Å²) in [6.45, 7) is 3.69. The van der Waals surface area contributed by atoms with Crippen LogP contribution in [0.4, 0.5) is 0 Å². The van der Waals surface area contributed by atoms with Crippen LogP contribution >= 0.6 is 0 Å². The van der Waals surface area contributed by atoms with E-state index in [2.05, 4.69) is 6.07 Å². The molecule has 5 nitrogen and oxygen atoms in total. The van der Waals surface area contributed by atoms with Gasteiger partial charge in [-0.05, 0) is 43.7 Å². The van der Waals surface area contributed by atoms with Crippen LogP contribution in [0.15, 0.2) is 24.3 Å². The number of unbranched alkanes of at least 4 members (excludes halogenated alkanes) is 1. The molecule has 3 rings (SSSR count). The molecule has 0 saturated carbocycles. The molecule has 2 heterocycles. The lowest BCUT2D eigenvalue weighted by atomic mass is 9.92. The Labute approximate surface area is 155 Å². The Morgan fingerprint density at radius 2 is 1.65 bits per heavy atom. The molecule has 1 saturated heterocycles. The number of hydrogen-bond donors (Lipinski definition) is 0. The Kier molecular flexibility index (Phi) is 6.07. The first-order valence-corrected chi connectivity index (χ1v) is 9.70. The molecule has 0 unspecified atom stereocenters. The van der Waals surface area contributed by atoms with Gasteiger partial charge in [-0.25, -0.2) is 0 Å². The van der Waals surface area contributed by atoms with E-state index in [4.69, 9.17) is 0 Å². The standard InChI is InChI=1S/C21H28N2O3/c1-16(24)8-2-5-11-20(25)23-15-18-10-4-3-9-17(18)14-19(23)21(26)22-12-6-7-13-22/h3-4,9-10,19H,2,5-8,11-15H2,1H3/t19-/m0/s1. The molecule has 0 spiro atoms. The molecule has 0 aliphatic carbocycles. The minimum Gasteiger partial charge on any atom is -0.341 e.